The number of aliphatic hydroxyl groups is 1. The van der Waals surface area contributed by atoms with Gasteiger partial charge in [-0.15, -0.1) is 0 Å². The summed E-state index contributed by atoms with van der Waals surface area (Å²) < 4.78 is 14.7. The van der Waals surface area contributed by atoms with Crippen molar-refractivity contribution in [2.75, 3.05) is 20.5 Å². The maximum absolute atomic E-state index is 10.9. The lowest BCUT2D eigenvalue weighted by Gasteiger charge is -2.28. The second-order valence-electron chi connectivity index (χ2n) is 10.8. The first-order valence-electron chi connectivity index (χ1n) is 16.4. The molecule has 6 heteroatoms. The molecule has 0 heterocycles. The molecule has 45 heavy (non-hydrogen) atoms. The third-order valence-corrected chi connectivity index (χ3v) is 7.43. The average molecular weight is 623 g/mol. The number of benzene rings is 2. The van der Waals surface area contributed by atoms with Gasteiger partial charge in [-0.25, -0.2) is 4.79 Å². The first kappa shape index (κ1) is 41.4. The number of hydrogen-bond donors (Lipinski definition) is 1. The molecule has 0 aliphatic heterocycles. The SMILES string of the molecule is C=CC(=O)CCCCOc1ccc(C=C)cc1.C=CC(=O)OCO.CCCC.CCCC1CCC(c2ccc(OC)cc2)CC1. The summed E-state index contributed by atoms with van der Waals surface area (Å²) in [6, 6.07) is 16.4. The minimum Gasteiger partial charge on any atom is -0.497 e. The van der Waals surface area contributed by atoms with Gasteiger partial charge < -0.3 is 19.3 Å². The Hall–Kier alpha value is -3.64. The van der Waals surface area contributed by atoms with Gasteiger partial charge >= 0.3 is 5.97 Å². The fourth-order valence-corrected chi connectivity index (χ4v) is 4.58. The Bertz CT molecular complexity index is 1050. The molecular weight excluding hydrogens is 564 g/mol. The maximum atomic E-state index is 10.9. The van der Waals surface area contributed by atoms with E-state index in [1.807, 2.05) is 24.3 Å². The van der Waals surface area contributed by atoms with Crippen molar-refractivity contribution in [3.05, 3.63) is 91.5 Å². The van der Waals surface area contributed by atoms with E-state index in [1.165, 1.54) is 63.0 Å². The zero-order valence-electron chi connectivity index (χ0n) is 28.3. The summed E-state index contributed by atoms with van der Waals surface area (Å²) >= 11 is 0. The van der Waals surface area contributed by atoms with Crippen LogP contribution in [0.15, 0.2) is 80.4 Å². The van der Waals surface area contributed by atoms with Gasteiger partial charge in [-0.1, -0.05) is 96.5 Å². The van der Waals surface area contributed by atoms with Crippen molar-refractivity contribution in [3.8, 4) is 11.5 Å². The van der Waals surface area contributed by atoms with E-state index < -0.39 is 12.8 Å². The van der Waals surface area contributed by atoms with Crippen molar-refractivity contribution in [1.29, 1.82) is 0 Å². The summed E-state index contributed by atoms with van der Waals surface area (Å²) in [4.78, 5) is 20.9. The number of unbranched alkanes of at least 4 members (excludes halogenated alkanes) is 2. The van der Waals surface area contributed by atoms with Gasteiger partial charge in [0.05, 0.1) is 13.7 Å². The molecule has 1 N–H and O–H groups in total. The summed E-state index contributed by atoms with van der Waals surface area (Å²) in [5, 5.41) is 7.88. The zero-order chi connectivity index (χ0) is 33.7. The lowest BCUT2D eigenvalue weighted by atomic mass is 9.77. The fraction of sp³-hybridized carbons (Fsp3) is 0.487. The predicted molar refractivity (Wildman–Crippen MR) is 188 cm³/mol. The first-order chi connectivity index (χ1) is 21.8. The van der Waals surface area contributed by atoms with Crippen molar-refractivity contribution in [3.63, 3.8) is 0 Å². The molecule has 1 aliphatic carbocycles. The lowest BCUT2D eigenvalue weighted by Crippen LogP contribution is -2.13. The Morgan fingerprint density at radius 2 is 1.42 bits per heavy atom. The number of carbonyl (C=O) groups excluding carboxylic acids is 2. The molecule has 0 bridgehead atoms. The highest BCUT2D eigenvalue weighted by atomic mass is 16.6. The summed E-state index contributed by atoms with van der Waals surface area (Å²) in [6.07, 6.45) is 17.4. The van der Waals surface area contributed by atoms with E-state index >= 15 is 0 Å². The monoisotopic (exact) mass is 622 g/mol. The van der Waals surface area contributed by atoms with Crippen LogP contribution in [0.2, 0.25) is 0 Å². The van der Waals surface area contributed by atoms with Crippen LogP contribution < -0.4 is 9.47 Å². The zero-order valence-corrected chi connectivity index (χ0v) is 28.3. The standard InChI is InChI=1S/C16H24O.C15H18O2.C4H6O3.C4H10/c1-3-4-13-5-7-14(8-6-13)15-9-11-16(17-2)12-10-15;1-3-13-8-10-15(11-9-13)17-12-6-5-7-14(16)4-2;1-2-4(6)7-3-5;1-3-4-2/h9-14H,3-8H2,1-2H3;3-4,8-11H,1-2,5-7,12H2;2,5H,1,3H2;3-4H2,1-2H3. The number of aliphatic hydroxyl groups excluding tert-OH is 1. The van der Waals surface area contributed by atoms with Crippen molar-refractivity contribution in [2.24, 2.45) is 5.92 Å². The van der Waals surface area contributed by atoms with Gasteiger partial charge in [-0.2, -0.15) is 0 Å². The largest absolute Gasteiger partial charge is 0.497 e. The van der Waals surface area contributed by atoms with Crippen molar-refractivity contribution < 1.29 is 28.9 Å². The number of rotatable bonds is 15. The van der Waals surface area contributed by atoms with Crippen LogP contribution in [0, 0.1) is 5.92 Å². The molecule has 0 radical (unpaired) electrons. The lowest BCUT2D eigenvalue weighted by molar-refractivity contribution is -0.145. The smallest absolute Gasteiger partial charge is 0.332 e. The van der Waals surface area contributed by atoms with E-state index in [-0.39, 0.29) is 5.78 Å². The Balaban J connectivity index is 0.000000652. The Kier molecular flexibility index (Phi) is 25.6. The summed E-state index contributed by atoms with van der Waals surface area (Å²) in [7, 11) is 1.73. The van der Waals surface area contributed by atoms with Crippen LogP contribution in [0.5, 0.6) is 11.5 Å². The van der Waals surface area contributed by atoms with E-state index in [9.17, 15) is 9.59 Å². The molecular formula is C39H58O6. The number of ether oxygens (including phenoxy) is 3. The fourth-order valence-electron chi connectivity index (χ4n) is 4.58. The van der Waals surface area contributed by atoms with Gasteiger partial charge in [0, 0.05) is 12.5 Å². The molecule has 0 aromatic heterocycles. The van der Waals surface area contributed by atoms with E-state index in [4.69, 9.17) is 14.6 Å². The Morgan fingerprint density at radius 3 is 1.87 bits per heavy atom. The average Bonchev–Trinajstić information content (AvgIpc) is 3.09. The van der Waals surface area contributed by atoms with Gasteiger partial charge in [0.2, 0.25) is 0 Å². The summed E-state index contributed by atoms with van der Waals surface area (Å²) in [6.45, 7) is 16.9. The topological polar surface area (TPSA) is 82.1 Å². The highest BCUT2D eigenvalue weighted by Crippen LogP contribution is 2.37. The number of methoxy groups -OCH3 is 1. The van der Waals surface area contributed by atoms with Gasteiger partial charge in [0.15, 0.2) is 12.6 Å². The maximum Gasteiger partial charge on any atom is 0.332 e. The third-order valence-electron chi connectivity index (χ3n) is 7.43. The molecule has 2 aromatic carbocycles. The van der Waals surface area contributed by atoms with Crippen LogP contribution in [0.4, 0.5) is 0 Å². The van der Waals surface area contributed by atoms with Crippen molar-refractivity contribution in [1.82, 2.24) is 0 Å². The van der Waals surface area contributed by atoms with Gasteiger partial charge in [0.1, 0.15) is 11.5 Å². The molecule has 2 aromatic rings. The second kappa shape index (κ2) is 27.9. The number of hydrogen-bond acceptors (Lipinski definition) is 6. The van der Waals surface area contributed by atoms with Crippen molar-refractivity contribution in [2.45, 2.75) is 97.3 Å². The van der Waals surface area contributed by atoms with Crippen LogP contribution in [-0.2, 0) is 14.3 Å². The third kappa shape index (κ3) is 20.9. The predicted octanol–water partition coefficient (Wildman–Crippen LogP) is 9.87. The number of carbonyl (C=O) groups is 2. The normalized spacial score (nSPS) is 14.8. The number of allylic oxidation sites excluding steroid dienone is 1. The highest BCUT2D eigenvalue weighted by molar-refractivity contribution is 5.88. The molecule has 3 rings (SSSR count). The second-order valence-corrected chi connectivity index (χ2v) is 10.8. The molecule has 1 saturated carbocycles. The quantitative estimate of drug-likeness (QED) is 0.0921. The van der Waals surface area contributed by atoms with Crippen LogP contribution in [0.25, 0.3) is 6.08 Å². The van der Waals surface area contributed by atoms with Crippen LogP contribution in [-0.4, -0.2) is 37.4 Å². The molecule has 0 unspecified atom stereocenters. The molecule has 1 aliphatic rings. The summed E-state index contributed by atoms with van der Waals surface area (Å²) in [5.74, 6) is 3.09. The minimum absolute atomic E-state index is 0.0975. The number of ketones is 1. The molecule has 1 fully saturated rings. The van der Waals surface area contributed by atoms with Crippen LogP contribution in [0.1, 0.15) is 108 Å². The van der Waals surface area contributed by atoms with E-state index in [0.29, 0.717) is 13.0 Å². The molecule has 0 spiro atoms. The highest BCUT2D eigenvalue weighted by Gasteiger charge is 2.21. The van der Waals surface area contributed by atoms with E-state index in [0.717, 1.165) is 47.8 Å². The first-order valence-corrected chi connectivity index (χ1v) is 16.4. The number of esters is 1. The molecule has 0 saturated heterocycles. The van der Waals surface area contributed by atoms with Crippen molar-refractivity contribution >= 4 is 17.8 Å². The molecule has 0 amide bonds. The summed E-state index contributed by atoms with van der Waals surface area (Å²) in [5.41, 5.74) is 2.58. The Labute approximate surface area is 273 Å². The van der Waals surface area contributed by atoms with Crippen LogP contribution >= 0.6 is 0 Å². The molecule has 6 nitrogen and oxygen atoms in total. The van der Waals surface area contributed by atoms with Gasteiger partial charge in [-0.3, -0.25) is 4.79 Å². The van der Waals surface area contributed by atoms with Crippen LogP contribution in [0.3, 0.4) is 0 Å². The van der Waals surface area contributed by atoms with Gasteiger partial charge in [0.25, 0.3) is 0 Å². The molecule has 250 valence electrons. The Morgan fingerprint density at radius 1 is 0.822 bits per heavy atom. The molecule has 0 atom stereocenters. The van der Waals surface area contributed by atoms with E-state index in [1.54, 1.807) is 13.2 Å². The van der Waals surface area contributed by atoms with E-state index in [2.05, 4.69) is 69.5 Å². The minimum atomic E-state index is -0.609. The van der Waals surface area contributed by atoms with Gasteiger partial charge in [-0.05, 0) is 91.8 Å².